The van der Waals surface area contributed by atoms with Gasteiger partial charge in [0.05, 0.1) is 16.7 Å². The van der Waals surface area contributed by atoms with Crippen LogP contribution in [0.25, 0.3) is 0 Å². The quantitative estimate of drug-likeness (QED) is 0.856. The van der Waals surface area contributed by atoms with Crippen LogP contribution in [-0.4, -0.2) is 39.7 Å². The van der Waals surface area contributed by atoms with Crippen molar-refractivity contribution in [1.82, 2.24) is 4.72 Å². The summed E-state index contributed by atoms with van der Waals surface area (Å²) in [5, 5.41) is 2.60. The lowest BCUT2D eigenvalue weighted by atomic mass is 10.1. The average Bonchev–Trinajstić information content (AvgIpc) is 3.00. The molecule has 2 heterocycles. The molecule has 0 aromatic heterocycles. The second kappa shape index (κ2) is 5.86. The molecule has 1 amide bonds. The summed E-state index contributed by atoms with van der Waals surface area (Å²) in [6.45, 7) is 2.39. The highest BCUT2D eigenvalue weighted by Crippen LogP contribution is 2.30. The molecule has 2 atom stereocenters. The zero-order valence-electron chi connectivity index (χ0n) is 12.2. The molecule has 0 saturated carbocycles. The number of fused-ring (bicyclic) bond motifs is 1. The van der Waals surface area contributed by atoms with E-state index in [1.54, 1.807) is 13.0 Å². The molecule has 2 N–H and O–H groups in total. The van der Waals surface area contributed by atoms with E-state index in [-0.39, 0.29) is 29.6 Å². The van der Waals surface area contributed by atoms with Gasteiger partial charge in [-0.2, -0.15) is 0 Å². The smallest absolute Gasteiger partial charge is 0.262 e. The van der Waals surface area contributed by atoms with Crippen molar-refractivity contribution in [2.24, 2.45) is 0 Å². The van der Waals surface area contributed by atoms with E-state index >= 15 is 0 Å². The van der Waals surface area contributed by atoms with Gasteiger partial charge >= 0.3 is 0 Å². The van der Waals surface area contributed by atoms with Gasteiger partial charge in [0.1, 0.15) is 5.75 Å². The maximum Gasteiger partial charge on any atom is 0.262 e. The summed E-state index contributed by atoms with van der Waals surface area (Å²) in [6, 6.07) is 4.09. The molecule has 3 rings (SSSR count). The summed E-state index contributed by atoms with van der Waals surface area (Å²) in [4.78, 5) is 11.4. The van der Waals surface area contributed by atoms with Crippen LogP contribution in [0.15, 0.2) is 23.1 Å². The second-order valence-corrected chi connectivity index (χ2v) is 7.17. The monoisotopic (exact) mass is 326 g/mol. The molecular weight excluding hydrogens is 308 g/mol. The van der Waals surface area contributed by atoms with E-state index in [1.807, 2.05) is 0 Å². The first kappa shape index (κ1) is 15.3. The Labute approximate surface area is 129 Å². The van der Waals surface area contributed by atoms with Crippen molar-refractivity contribution in [2.45, 2.75) is 36.8 Å². The first-order chi connectivity index (χ1) is 10.5. The van der Waals surface area contributed by atoms with E-state index in [1.165, 1.54) is 12.1 Å². The Morgan fingerprint density at radius 3 is 2.95 bits per heavy atom. The number of sulfonamides is 1. The Kier molecular flexibility index (Phi) is 4.07. The highest BCUT2D eigenvalue weighted by atomic mass is 32.2. The van der Waals surface area contributed by atoms with E-state index in [2.05, 4.69) is 10.0 Å². The molecule has 1 fully saturated rings. The molecule has 120 valence electrons. The van der Waals surface area contributed by atoms with Gasteiger partial charge in [0, 0.05) is 12.6 Å². The summed E-state index contributed by atoms with van der Waals surface area (Å²) in [5.74, 6) is 0.161. The van der Waals surface area contributed by atoms with Crippen LogP contribution in [0, 0.1) is 0 Å². The van der Waals surface area contributed by atoms with Crippen LogP contribution in [-0.2, 0) is 19.6 Å². The van der Waals surface area contributed by atoms with Gasteiger partial charge in [-0.1, -0.05) is 0 Å². The van der Waals surface area contributed by atoms with Gasteiger partial charge in [-0.25, -0.2) is 13.1 Å². The van der Waals surface area contributed by atoms with Crippen LogP contribution in [0.4, 0.5) is 5.69 Å². The predicted molar refractivity (Wildman–Crippen MR) is 79.3 cm³/mol. The van der Waals surface area contributed by atoms with Crippen LogP contribution >= 0.6 is 0 Å². The van der Waals surface area contributed by atoms with Gasteiger partial charge in [0.25, 0.3) is 5.91 Å². The molecule has 1 aromatic carbocycles. The Balaban J connectivity index is 1.80. The number of rotatable bonds is 4. The first-order valence-corrected chi connectivity index (χ1v) is 8.65. The lowest BCUT2D eigenvalue weighted by Crippen LogP contribution is -2.40. The molecule has 22 heavy (non-hydrogen) atoms. The Morgan fingerprint density at radius 1 is 1.41 bits per heavy atom. The predicted octanol–water partition coefficient (Wildman–Crippen LogP) is 0.863. The number of amides is 1. The topological polar surface area (TPSA) is 93.7 Å². The third-order valence-electron chi connectivity index (χ3n) is 3.76. The van der Waals surface area contributed by atoms with Crippen molar-refractivity contribution < 1.29 is 22.7 Å². The van der Waals surface area contributed by atoms with E-state index in [4.69, 9.17) is 9.47 Å². The largest absolute Gasteiger partial charge is 0.482 e. The van der Waals surface area contributed by atoms with E-state index < -0.39 is 10.0 Å². The third-order valence-corrected chi connectivity index (χ3v) is 5.31. The number of hydrogen-bond acceptors (Lipinski definition) is 5. The summed E-state index contributed by atoms with van der Waals surface area (Å²) >= 11 is 0. The maximum atomic E-state index is 12.4. The van der Waals surface area contributed by atoms with Crippen LogP contribution in [0.2, 0.25) is 0 Å². The molecule has 0 radical (unpaired) electrons. The van der Waals surface area contributed by atoms with Crippen LogP contribution in [0.1, 0.15) is 19.8 Å². The van der Waals surface area contributed by atoms with Crippen molar-refractivity contribution in [3.05, 3.63) is 18.2 Å². The Morgan fingerprint density at radius 2 is 2.23 bits per heavy atom. The normalized spacial score (nSPS) is 22.6. The summed E-state index contributed by atoms with van der Waals surface area (Å²) in [7, 11) is -3.68. The van der Waals surface area contributed by atoms with E-state index in [0.717, 1.165) is 12.8 Å². The summed E-state index contributed by atoms with van der Waals surface area (Å²) in [5.41, 5.74) is 0.365. The SMILES string of the molecule is C[C@H](NS(=O)(=O)c1ccc2c(c1)NC(=O)CO2)[C@H]1CCCO1. The lowest BCUT2D eigenvalue weighted by Gasteiger charge is -2.21. The fourth-order valence-electron chi connectivity index (χ4n) is 2.61. The number of carbonyl (C=O) groups is 1. The molecule has 1 aromatic rings. The number of hydrogen-bond donors (Lipinski definition) is 2. The van der Waals surface area contributed by atoms with E-state index in [9.17, 15) is 13.2 Å². The van der Waals surface area contributed by atoms with Crippen molar-refractivity contribution in [2.75, 3.05) is 18.5 Å². The highest BCUT2D eigenvalue weighted by Gasteiger charge is 2.28. The molecule has 0 bridgehead atoms. The zero-order chi connectivity index (χ0) is 15.7. The van der Waals surface area contributed by atoms with Gasteiger partial charge in [-0.3, -0.25) is 4.79 Å². The summed E-state index contributed by atoms with van der Waals surface area (Å²) < 4.78 is 38.2. The van der Waals surface area contributed by atoms with Crippen molar-refractivity contribution in [1.29, 1.82) is 0 Å². The number of benzene rings is 1. The highest BCUT2D eigenvalue weighted by molar-refractivity contribution is 7.89. The van der Waals surface area contributed by atoms with Crippen LogP contribution < -0.4 is 14.8 Å². The van der Waals surface area contributed by atoms with Gasteiger partial charge in [-0.15, -0.1) is 0 Å². The van der Waals surface area contributed by atoms with Crippen molar-refractivity contribution in [3.8, 4) is 5.75 Å². The minimum atomic E-state index is -3.68. The molecule has 8 heteroatoms. The number of ether oxygens (including phenoxy) is 2. The summed E-state index contributed by atoms with van der Waals surface area (Å²) in [6.07, 6.45) is 1.69. The fourth-order valence-corrected chi connectivity index (χ4v) is 3.91. The molecule has 7 nitrogen and oxygen atoms in total. The van der Waals surface area contributed by atoms with Gasteiger partial charge < -0.3 is 14.8 Å². The average molecular weight is 326 g/mol. The van der Waals surface area contributed by atoms with E-state index in [0.29, 0.717) is 18.0 Å². The lowest BCUT2D eigenvalue weighted by molar-refractivity contribution is -0.118. The third kappa shape index (κ3) is 3.08. The minimum absolute atomic E-state index is 0.0621. The molecule has 1 saturated heterocycles. The minimum Gasteiger partial charge on any atom is -0.482 e. The molecular formula is C14H18N2O5S. The molecule has 2 aliphatic rings. The van der Waals surface area contributed by atoms with Gasteiger partial charge in [-0.05, 0) is 38.0 Å². The number of carbonyl (C=O) groups excluding carboxylic acids is 1. The molecule has 0 aliphatic carbocycles. The zero-order valence-corrected chi connectivity index (χ0v) is 13.0. The van der Waals surface area contributed by atoms with Crippen LogP contribution in [0.3, 0.4) is 0 Å². The Hall–Kier alpha value is -1.64. The van der Waals surface area contributed by atoms with Crippen molar-refractivity contribution >= 4 is 21.6 Å². The molecule has 2 aliphatic heterocycles. The Bertz CT molecular complexity index is 682. The molecule has 0 unspecified atom stereocenters. The number of anilines is 1. The first-order valence-electron chi connectivity index (χ1n) is 7.16. The van der Waals surface area contributed by atoms with Crippen molar-refractivity contribution in [3.63, 3.8) is 0 Å². The van der Waals surface area contributed by atoms with Crippen LogP contribution in [0.5, 0.6) is 5.75 Å². The molecule has 0 spiro atoms. The second-order valence-electron chi connectivity index (χ2n) is 5.46. The number of nitrogens with one attached hydrogen (secondary N) is 2. The standard InChI is InChI=1S/C14H18N2O5S/c1-9(12-3-2-6-20-12)16-22(18,19)10-4-5-13-11(7-10)15-14(17)8-21-13/h4-5,7,9,12,16H,2-3,6,8H2,1H3,(H,15,17)/t9-,12+/m0/s1. The van der Waals surface area contributed by atoms with Gasteiger partial charge in [0.2, 0.25) is 10.0 Å². The maximum absolute atomic E-state index is 12.4. The van der Waals surface area contributed by atoms with Gasteiger partial charge in [0.15, 0.2) is 6.61 Å². The fraction of sp³-hybridized carbons (Fsp3) is 0.500.